The van der Waals surface area contributed by atoms with E-state index in [1.807, 2.05) is 20.8 Å². The van der Waals surface area contributed by atoms with Gasteiger partial charge in [0.1, 0.15) is 5.76 Å². The summed E-state index contributed by atoms with van der Waals surface area (Å²) in [5.74, 6) is 1.09. The van der Waals surface area contributed by atoms with Crippen LogP contribution >= 0.6 is 0 Å². The lowest BCUT2D eigenvalue weighted by Gasteiger charge is -2.19. The van der Waals surface area contributed by atoms with E-state index in [4.69, 9.17) is 14.0 Å². The predicted octanol–water partition coefficient (Wildman–Crippen LogP) is 3.36. The number of carbonyl (C=O) groups excluding carboxylic acids is 2. The molecule has 8 heteroatoms. The number of nitrogens with one attached hydrogen (secondary N) is 1. The molecule has 8 nitrogen and oxygen atoms in total. The van der Waals surface area contributed by atoms with Gasteiger partial charge in [0, 0.05) is 31.1 Å². The van der Waals surface area contributed by atoms with Crippen molar-refractivity contribution in [2.75, 3.05) is 33.1 Å². The summed E-state index contributed by atoms with van der Waals surface area (Å²) < 4.78 is 15.9. The Bertz CT molecular complexity index is 856. The summed E-state index contributed by atoms with van der Waals surface area (Å²) in [4.78, 5) is 26.9. The maximum Gasteiger partial charge on any atom is 0.253 e. The van der Waals surface area contributed by atoms with Gasteiger partial charge in [0.15, 0.2) is 11.5 Å². The standard InChI is InChI=1S/C21H29N3O5/c1-7-10-24(4)21(26)15-11-17(20(28-6)18(12-15)27-5)22-19(25)9-8-16-13(2)23-29-14(16)3/h11-12H,7-10H2,1-6H3,(H,22,25). The summed E-state index contributed by atoms with van der Waals surface area (Å²) in [6.07, 6.45) is 1.59. The van der Waals surface area contributed by atoms with E-state index in [9.17, 15) is 9.59 Å². The molecule has 2 rings (SSSR count). The molecule has 1 aromatic carbocycles. The third-order valence-corrected chi connectivity index (χ3v) is 4.69. The lowest BCUT2D eigenvalue weighted by molar-refractivity contribution is -0.116. The Hall–Kier alpha value is -3.03. The van der Waals surface area contributed by atoms with Crippen molar-refractivity contribution in [3.63, 3.8) is 0 Å². The van der Waals surface area contributed by atoms with Crippen LogP contribution in [0.15, 0.2) is 16.7 Å². The number of hydrogen-bond donors (Lipinski definition) is 1. The maximum absolute atomic E-state index is 12.7. The Labute approximate surface area is 171 Å². The van der Waals surface area contributed by atoms with Crippen LogP contribution in [0, 0.1) is 13.8 Å². The number of anilines is 1. The van der Waals surface area contributed by atoms with Crippen molar-refractivity contribution in [1.29, 1.82) is 0 Å². The zero-order chi connectivity index (χ0) is 21.6. The molecule has 1 aromatic heterocycles. The molecule has 2 amide bonds. The Balaban J connectivity index is 2.24. The number of rotatable bonds is 9. The van der Waals surface area contributed by atoms with Crippen LogP contribution in [0.25, 0.3) is 0 Å². The fraction of sp³-hybridized carbons (Fsp3) is 0.476. The normalized spacial score (nSPS) is 10.6. The van der Waals surface area contributed by atoms with Gasteiger partial charge in [-0.25, -0.2) is 0 Å². The van der Waals surface area contributed by atoms with E-state index in [-0.39, 0.29) is 18.2 Å². The lowest BCUT2D eigenvalue weighted by Crippen LogP contribution is -2.27. The zero-order valence-electron chi connectivity index (χ0n) is 17.9. The van der Waals surface area contributed by atoms with Crippen molar-refractivity contribution in [1.82, 2.24) is 10.1 Å². The number of aryl methyl sites for hydroxylation is 2. The molecule has 158 valence electrons. The van der Waals surface area contributed by atoms with Crippen LogP contribution in [0.5, 0.6) is 11.5 Å². The van der Waals surface area contributed by atoms with E-state index in [0.717, 1.165) is 17.7 Å². The quantitative estimate of drug-likeness (QED) is 0.690. The van der Waals surface area contributed by atoms with E-state index in [2.05, 4.69) is 10.5 Å². The topological polar surface area (TPSA) is 93.9 Å². The van der Waals surface area contributed by atoms with Crippen molar-refractivity contribution in [2.45, 2.75) is 40.0 Å². The molecular weight excluding hydrogens is 374 g/mol. The summed E-state index contributed by atoms with van der Waals surface area (Å²) in [5, 5.41) is 6.74. The average Bonchev–Trinajstić information content (AvgIpc) is 3.02. The van der Waals surface area contributed by atoms with Crippen LogP contribution in [-0.2, 0) is 11.2 Å². The third kappa shape index (κ3) is 5.28. The zero-order valence-corrected chi connectivity index (χ0v) is 17.9. The molecular formula is C21H29N3O5. The van der Waals surface area contributed by atoms with Gasteiger partial charge in [-0.2, -0.15) is 0 Å². The first kappa shape index (κ1) is 22.3. The molecule has 0 saturated heterocycles. The highest BCUT2D eigenvalue weighted by Gasteiger charge is 2.20. The number of amides is 2. The van der Waals surface area contributed by atoms with Crippen LogP contribution < -0.4 is 14.8 Å². The van der Waals surface area contributed by atoms with Gasteiger partial charge in [0.05, 0.1) is 25.6 Å². The summed E-state index contributed by atoms with van der Waals surface area (Å²) in [5.41, 5.74) is 2.51. The van der Waals surface area contributed by atoms with Gasteiger partial charge in [0.25, 0.3) is 5.91 Å². The van der Waals surface area contributed by atoms with Crippen molar-refractivity contribution in [3.05, 3.63) is 34.7 Å². The summed E-state index contributed by atoms with van der Waals surface area (Å²) in [6.45, 7) is 6.30. The van der Waals surface area contributed by atoms with Crippen LogP contribution in [0.2, 0.25) is 0 Å². The summed E-state index contributed by atoms with van der Waals surface area (Å²) in [6, 6.07) is 3.23. The largest absolute Gasteiger partial charge is 0.493 e. The molecule has 1 N–H and O–H groups in total. The first-order valence-corrected chi connectivity index (χ1v) is 9.55. The first-order valence-electron chi connectivity index (χ1n) is 9.55. The maximum atomic E-state index is 12.7. The van der Waals surface area contributed by atoms with Crippen molar-refractivity contribution in [2.24, 2.45) is 0 Å². The van der Waals surface area contributed by atoms with Crippen LogP contribution in [-0.4, -0.2) is 49.7 Å². The van der Waals surface area contributed by atoms with E-state index in [1.54, 1.807) is 24.1 Å². The second-order valence-electron chi connectivity index (χ2n) is 6.84. The fourth-order valence-electron chi connectivity index (χ4n) is 3.15. The Morgan fingerprint density at radius 1 is 1.21 bits per heavy atom. The summed E-state index contributed by atoms with van der Waals surface area (Å²) >= 11 is 0. The molecule has 0 aliphatic carbocycles. The first-order chi connectivity index (χ1) is 13.8. The molecule has 0 saturated carbocycles. The summed E-state index contributed by atoms with van der Waals surface area (Å²) in [7, 11) is 4.72. The predicted molar refractivity (Wildman–Crippen MR) is 110 cm³/mol. The number of carbonyl (C=O) groups is 2. The number of aromatic nitrogens is 1. The van der Waals surface area contributed by atoms with E-state index < -0.39 is 0 Å². The SMILES string of the molecule is CCCN(C)C(=O)c1cc(NC(=O)CCc2c(C)noc2C)c(OC)c(OC)c1. The molecule has 0 atom stereocenters. The van der Waals surface area contributed by atoms with Gasteiger partial charge in [-0.05, 0) is 38.8 Å². The number of benzene rings is 1. The smallest absolute Gasteiger partial charge is 0.253 e. The van der Waals surface area contributed by atoms with Crippen LogP contribution in [0.1, 0.15) is 47.1 Å². The number of nitrogens with zero attached hydrogens (tertiary/aromatic N) is 2. The Morgan fingerprint density at radius 3 is 2.48 bits per heavy atom. The molecule has 0 bridgehead atoms. The van der Waals surface area contributed by atoms with E-state index >= 15 is 0 Å². The molecule has 0 aliphatic rings. The molecule has 29 heavy (non-hydrogen) atoms. The highest BCUT2D eigenvalue weighted by atomic mass is 16.5. The van der Waals surface area contributed by atoms with Gasteiger partial charge in [-0.15, -0.1) is 0 Å². The lowest BCUT2D eigenvalue weighted by atomic mass is 10.1. The molecule has 0 aliphatic heterocycles. The third-order valence-electron chi connectivity index (χ3n) is 4.69. The van der Waals surface area contributed by atoms with Crippen molar-refractivity contribution < 1.29 is 23.6 Å². The average molecular weight is 403 g/mol. The van der Waals surface area contributed by atoms with Gasteiger partial charge in [-0.3, -0.25) is 9.59 Å². The second kappa shape index (κ2) is 9.95. The minimum absolute atomic E-state index is 0.154. The molecule has 0 unspecified atom stereocenters. The molecule has 2 aromatic rings. The molecule has 0 fully saturated rings. The van der Waals surface area contributed by atoms with Crippen LogP contribution in [0.4, 0.5) is 5.69 Å². The molecule has 1 heterocycles. The van der Waals surface area contributed by atoms with Crippen LogP contribution in [0.3, 0.4) is 0 Å². The van der Waals surface area contributed by atoms with Gasteiger partial charge >= 0.3 is 0 Å². The van der Waals surface area contributed by atoms with E-state index in [1.165, 1.54) is 14.2 Å². The van der Waals surface area contributed by atoms with Gasteiger partial charge < -0.3 is 24.2 Å². The number of hydrogen-bond acceptors (Lipinski definition) is 6. The minimum atomic E-state index is -0.211. The monoisotopic (exact) mass is 403 g/mol. The second-order valence-corrected chi connectivity index (χ2v) is 6.84. The van der Waals surface area contributed by atoms with Gasteiger partial charge in [0.2, 0.25) is 5.91 Å². The van der Waals surface area contributed by atoms with Crippen molar-refractivity contribution in [3.8, 4) is 11.5 Å². The Kier molecular flexibility index (Phi) is 7.64. The van der Waals surface area contributed by atoms with Crippen molar-refractivity contribution >= 4 is 17.5 Å². The Morgan fingerprint density at radius 2 is 1.93 bits per heavy atom. The fourth-order valence-corrected chi connectivity index (χ4v) is 3.15. The van der Waals surface area contributed by atoms with E-state index in [0.29, 0.717) is 41.5 Å². The number of methoxy groups -OCH3 is 2. The number of ether oxygens (including phenoxy) is 2. The minimum Gasteiger partial charge on any atom is -0.493 e. The highest BCUT2D eigenvalue weighted by molar-refractivity contribution is 5.99. The van der Waals surface area contributed by atoms with Gasteiger partial charge in [-0.1, -0.05) is 12.1 Å². The molecule has 0 spiro atoms. The molecule has 0 radical (unpaired) electrons. The highest BCUT2D eigenvalue weighted by Crippen LogP contribution is 2.37.